The molecule has 0 aliphatic carbocycles. The predicted molar refractivity (Wildman–Crippen MR) is 374 cm³/mol. The highest BCUT2D eigenvalue weighted by molar-refractivity contribution is 5.98. The number of carbonyl (C=O) groups is 6. The van der Waals surface area contributed by atoms with Crippen molar-refractivity contribution in [3.63, 3.8) is 0 Å². The summed E-state index contributed by atoms with van der Waals surface area (Å²) in [6.45, 7) is 3.16. The van der Waals surface area contributed by atoms with E-state index in [9.17, 15) is 80.5 Å². The highest BCUT2D eigenvalue weighted by Crippen LogP contribution is 2.38. The summed E-state index contributed by atoms with van der Waals surface area (Å²) < 4.78 is 47.8. The van der Waals surface area contributed by atoms with E-state index in [1.54, 1.807) is 61.5 Å². The first kappa shape index (κ1) is 81.1. The fraction of sp³-hybridized carbons (Fsp3) is 0.549. The van der Waals surface area contributed by atoms with Crippen molar-refractivity contribution in [3.05, 3.63) is 125 Å². The van der Waals surface area contributed by atoms with Gasteiger partial charge in [-0.2, -0.15) is 0 Å². The van der Waals surface area contributed by atoms with Gasteiger partial charge in [-0.15, -0.1) is 0 Å². The molecule has 109 heavy (non-hydrogen) atoms. The number of hydrogen-bond acceptors (Lipinski definition) is 28. The van der Waals surface area contributed by atoms with Crippen LogP contribution < -0.4 is 57.3 Å². The van der Waals surface area contributed by atoms with Crippen LogP contribution in [-0.4, -0.2) is 306 Å². The van der Waals surface area contributed by atoms with E-state index in [1.165, 1.54) is 24.3 Å². The first-order valence-electron chi connectivity index (χ1n) is 35.5. The van der Waals surface area contributed by atoms with Crippen molar-refractivity contribution in [1.29, 1.82) is 10.8 Å². The SMILES string of the molecule is CC(c1ccccc1)C1NC(=O)CNC(=O)C(CO)NC(=O)C(C(O)C2CNC(=N)N2C2OC(CO)C(O)C(O)C2O)NC(=O)C(C(O)C2CNC(=N)N2)NC(=O)C(Cc2ccc(OC3OC(CO)C(OC4OC5COC(c6ccc(Oc7ccc(C(C)(C)C)cc7)cc6)OC5C(O)C4O)C(O)C3O)cc2)NC1=O. The van der Waals surface area contributed by atoms with E-state index in [1.807, 2.05) is 24.3 Å². The molecule has 6 amide bonds. The van der Waals surface area contributed by atoms with E-state index in [2.05, 4.69) is 68.6 Å². The second kappa shape index (κ2) is 35.0. The second-order valence-corrected chi connectivity index (χ2v) is 28.7. The van der Waals surface area contributed by atoms with Crippen LogP contribution in [0.25, 0.3) is 0 Å². The molecule has 7 saturated heterocycles. The normalized spacial score (nSPS) is 34.7. The van der Waals surface area contributed by atoms with Gasteiger partial charge in [-0.1, -0.05) is 94.4 Å². The summed E-state index contributed by atoms with van der Waals surface area (Å²) in [5.41, 5.74) is 2.40. The zero-order valence-corrected chi connectivity index (χ0v) is 59.5. The summed E-state index contributed by atoms with van der Waals surface area (Å²) in [5.74, 6) is -8.08. The van der Waals surface area contributed by atoms with Crippen molar-refractivity contribution in [3.8, 4) is 17.2 Å². The third-order valence-corrected chi connectivity index (χ3v) is 20.2. The van der Waals surface area contributed by atoms with E-state index < -0.39 is 239 Å². The fourth-order valence-electron chi connectivity index (χ4n) is 13.8. The molecule has 0 radical (unpaired) electrons. The van der Waals surface area contributed by atoms with Gasteiger partial charge in [-0.05, 0) is 58.5 Å². The lowest BCUT2D eigenvalue weighted by atomic mass is 9.87. The molecular weight excluding hydrogens is 1440 g/mol. The minimum absolute atomic E-state index is 0.0363. The van der Waals surface area contributed by atoms with Crippen molar-refractivity contribution in [2.75, 3.05) is 46.1 Å². The van der Waals surface area contributed by atoms with Gasteiger partial charge in [0.05, 0.1) is 45.1 Å². The van der Waals surface area contributed by atoms with Crippen molar-refractivity contribution >= 4 is 47.4 Å². The summed E-state index contributed by atoms with van der Waals surface area (Å²) in [5, 5.41) is 173. The maximum absolute atomic E-state index is 15.2. The smallest absolute Gasteiger partial charge is 0.246 e. The number of nitrogens with zero attached hydrogens (tertiary/aromatic N) is 1. The Labute approximate surface area is 623 Å². The van der Waals surface area contributed by atoms with Crippen molar-refractivity contribution in [2.24, 2.45) is 0 Å². The van der Waals surface area contributed by atoms with E-state index in [0.29, 0.717) is 22.6 Å². The van der Waals surface area contributed by atoms with E-state index >= 15 is 9.59 Å². The van der Waals surface area contributed by atoms with Crippen LogP contribution in [0.3, 0.4) is 0 Å². The minimum atomic E-state index is -2.36. The molecule has 4 aromatic carbocycles. The quantitative estimate of drug-likeness (QED) is 0.0415. The summed E-state index contributed by atoms with van der Waals surface area (Å²) in [7, 11) is 0. The topological polar surface area (TPSA) is 578 Å². The molecule has 38 nitrogen and oxygen atoms in total. The number of fused-ring (bicyclic) bond motifs is 1. The molecule has 26 atom stereocenters. The molecule has 26 unspecified atom stereocenters. The molecule has 7 heterocycles. The van der Waals surface area contributed by atoms with Crippen LogP contribution in [0.5, 0.6) is 17.2 Å². The van der Waals surface area contributed by atoms with Crippen molar-refractivity contribution in [2.45, 2.75) is 198 Å². The molecule has 7 aliphatic heterocycles. The van der Waals surface area contributed by atoms with Gasteiger partial charge in [0, 0.05) is 31.0 Å². The van der Waals surface area contributed by atoms with E-state index in [0.717, 1.165) is 10.5 Å². The number of nitrogens with one attached hydrogen (secondary N) is 11. The highest BCUT2D eigenvalue weighted by Gasteiger charge is 2.56. The van der Waals surface area contributed by atoms with E-state index in [4.69, 9.17) is 48.7 Å². The molecule has 7 fully saturated rings. The first-order chi connectivity index (χ1) is 51.9. The van der Waals surface area contributed by atoms with Crippen LogP contribution in [0.2, 0.25) is 0 Å². The third kappa shape index (κ3) is 18.4. The molecular formula is C71H94N12O26. The Morgan fingerprint density at radius 2 is 1.17 bits per heavy atom. The van der Waals surface area contributed by atoms with Crippen LogP contribution in [0, 0.1) is 10.8 Å². The lowest BCUT2D eigenvalue weighted by molar-refractivity contribution is -0.383. The lowest BCUT2D eigenvalue weighted by Crippen LogP contribution is -2.69. The molecule has 4 aromatic rings. The number of rotatable bonds is 19. The van der Waals surface area contributed by atoms with E-state index in [-0.39, 0.29) is 35.8 Å². The van der Waals surface area contributed by atoms with Crippen LogP contribution in [0.1, 0.15) is 62.2 Å². The average molecular weight is 1530 g/mol. The number of ether oxygens (including phenoxy) is 8. The molecule has 11 rings (SSSR count). The number of carbonyl (C=O) groups excluding carboxylic acids is 6. The van der Waals surface area contributed by atoms with Crippen LogP contribution in [-0.2, 0) is 69.0 Å². The lowest BCUT2D eigenvalue weighted by Gasteiger charge is -2.48. The van der Waals surface area contributed by atoms with Crippen LogP contribution in [0.4, 0.5) is 0 Å². The first-order valence-corrected chi connectivity index (χ1v) is 35.5. The molecule has 0 bridgehead atoms. The van der Waals surface area contributed by atoms with Crippen LogP contribution >= 0.6 is 0 Å². The van der Waals surface area contributed by atoms with Gasteiger partial charge in [-0.25, -0.2) is 0 Å². The highest BCUT2D eigenvalue weighted by atomic mass is 16.8. The third-order valence-electron chi connectivity index (χ3n) is 20.2. The summed E-state index contributed by atoms with van der Waals surface area (Å²) in [6.07, 6.45) is -31.3. The Hall–Kier alpha value is -8.88. The Kier molecular flexibility index (Phi) is 26.0. The molecule has 0 spiro atoms. The van der Waals surface area contributed by atoms with Crippen molar-refractivity contribution < 1.29 is 128 Å². The number of guanidine groups is 2. The Bertz CT molecular complexity index is 3830. The monoisotopic (exact) mass is 1530 g/mol. The van der Waals surface area contributed by atoms with Gasteiger partial charge >= 0.3 is 0 Å². The maximum Gasteiger partial charge on any atom is 0.246 e. The predicted octanol–water partition coefficient (Wildman–Crippen LogP) is -7.34. The number of amides is 6. The number of aliphatic hydroxyl groups is 12. The molecule has 7 aliphatic rings. The molecule has 0 aromatic heterocycles. The standard InChI is InChI=1S/C71H94N12O26/c1-30(32-8-6-5-7-9-32)46-62(99)77-38(61(98)81-47(49(88)39-23-75-69(72)79-39)64(101)82-48(63(100)78-40(26-84)60(97)74-25-45(87)80-46)50(89)41-24-76-70(73)83(41)65-55(94)52(91)51(90)42(27-85)105-65)22-31-10-16-37(17-11-31)104-67-56(95)53(92)58(43(28-86)106-67)109-68-57(96)54(93)59-44(107-68)29-102-66(108-59)33-12-18-35(19-13-33)103-36-20-14-34(15-21-36)71(2,3)4/h5-21,30,38-44,46-59,65-68,84-86,88-96H,22-29H2,1-4H3,(H2,73,76)(H,74,97)(H,77,99)(H,78,100)(H,80,87)(H,81,98)(H,82,101)(H3,72,75,79). The van der Waals surface area contributed by atoms with Gasteiger partial charge in [-0.3, -0.25) is 39.6 Å². The van der Waals surface area contributed by atoms with Gasteiger partial charge < -0.3 is 152 Å². The Morgan fingerprint density at radius 1 is 0.560 bits per heavy atom. The van der Waals surface area contributed by atoms with Crippen LogP contribution in [0.15, 0.2) is 103 Å². The largest absolute Gasteiger partial charge is 0.462 e. The fourth-order valence-corrected chi connectivity index (χ4v) is 13.8. The van der Waals surface area contributed by atoms with Gasteiger partial charge in [0.2, 0.25) is 41.7 Å². The molecule has 0 saturated carbocycles. The summed E-state index contributed by atoms with van der Waals surface area (Å²) >= 11 is 0. The number of hydrogen-bond donors (Lipinski definition) is 23. The van der Waals surface area contributed by atoms with Gasteiger partial charge in [0.1, 0.15) is 133 Å². The number of aliphatic hydroxyl groups excluding tert-OH is 12. The summed E-state index contributed by atoms with van der Waals surface area (Å²) in [6, 6.07) is 15.5. The maximum atomic E-state index is 15.2. The minimum Gasteiger partial charge on any atom is -0.462 e. The molecule has 594 valence electrons. The summed E-state index contributed by atoms with van der Waals surface area (Å²) in [4.78, 5) is 88.6. The van der Waals surface area contributed by atoms with Crippen molar-refractivity contribution in [1.82, 2.24) is 52.8 Å². The average Bonchev–Trinajstić information content (AvgIpc) is 1.75. The zero-order valence-electron chi connectivity index (χ0n) is 59.5. The molecule has 23 N–H and O–H groups in total. The zero-order chi connectivity index (χ0) is 78.4. The molecule has 38 heteroatoms. The number of benzene rings is 4. The Morgan fingerprint density at radius 3 is 1.82 bits per heavy atom. The van der Waals surface area contributed by atoms with Gasteiger partial charge in [0.15, 0.2) is 30.7 Å². The van der Waals surface area contributed by atoms with Gasteiger partial charge in [0.25, 0.3) is 0 Å². The Balaban J connectivity index is 0.806. The second-order valence-electron chi connectivity index (χ2n) is 28.7.